The first-order valence-electron chi connectivity index (χ1n) is 4.57. The van der Waals surface area contributed by atoms with Crippen molar-refractivity contribution in [1.29, 1.82) is 0 Å². The van der Waals surface area contributed by atoms with Crippen LogP contribution in [0.25, 0.3) is 0 Å². The van der Waals surface area contributed by atoms with Crippen molar-refractivity contribution in [2.45, 2.75) is 36.4 Å². The van der Waals surface area contributed by atoms with Crippen molar-refractivity contribution in [2.24, 2.45) is 5.92 Å². The van der Waals surface area contributed by atoms with Gasteiger partial charge in [-0.15, -0.1) is 23.2 Å². The predicted octanol–water partition coefficient (Wildman–Crippen LogP) is 5.16. The van der Waals surface area contributed by atoms with E-state index in [2.05, 4.69) is 36.4 Å². The van der Waals surface area contributed by atoms with Gasteiger partial charge in [-0.25, -0.2) is 0 Å². The van der Waals surface area contributed by atoms with E-state index in [1.54, 1.807) is 0 Å². The molecule has 0 radical (unpaired) electrons. The Morgan fingerprint density at radius 1 is 1.50 bits per heavy atom. The summed E-state index contributed by atoms with van der Waals surface area (Å²) in [6.45, 7) is 7.91. The number of halogens is 4. The van der Waals surface area contributed by atoms with Crippen LogP contribution in [0.1, 0.15) is 26.7 Å². The Hall–Kier alpha value is 1.09. The van der Waals surface area contributed by atoms with E-state index in [0.29, 0.717) is 16.8 Å². The van der Waals surface area contributed by atoms with Crippen molar-refractivity contribution in [3.8, 4) is 0 Å². The molecule has 0 saturated carbocycles. The van der Waals surface area contributed by atoms with E-state index in [4.69, 9.17) is 34.8 Å². The molecule has 14 heavy (non-hydrogen) atoms. The lowest BCUT2D eigenvalue weighted by molar-refractivity contribution is 0.527. The van der Waals surface area contributed by atoms with Gasteiger partial charge < -0.3 is 0 Å². The second kappa shape index (κ2) is 6.62. The Morgan fingerprint density at radius 2 is 2.00 bits per heavy atom. The monoisotopic (exact) mass is 320 g/mol. The molecule has 0 spiro atoms. The predicted molar refractivity (Wildman–Crippen MR) is 71.1 cm³/mol. The maximum Gasteiger partial charge on any atom is 0.0742 e. The Kier molecular flexibility index (Phi) is 7.14. The van der Waals surface area contributed by atoms with Crippen LogP contribution < -0.4 is 0 Å². The first-order chi connectivity index (χ1) is 6.33. The molecule has 0 bridgehead atoms. The summed E-state index contributed by atoms with van der Waals surface area (Å²) in [5.74, 6) is 0.879. The molecule has 0 aromatic carbocycles. The third-order valence-electron chi connectivity index (χ3n) is 2.24. The van der Waals surface area contributed by atoms with Crippen LogP contribution >= 0.6 is 50.7 Å². The van der Waals surface area contributed by atoms with Crippen LogP contribution in [-0.4, -0.2) is 15.6 Å². The summed E-state index contributed by atoms with van der Waals surface area (Å²) in [4.78, 5) is 0. The van der Waals surface area contributed by atoms with E-state index in [1.807, 2.05) is 0 Å². The van der Waals surface area contributed by atoms with E-state index in [-0.39, 0.29) is 9.70 Å². The van der Waals surface area contributed by atoms with Crippen molar-refractivity contribution in [2.75, 3.05) is 5.88 Å². The summed E-state index contributed by atoms with van der Waals surface area (Å²) in [6, 6.07) is 0. The van der Waals surface area contributed by atoms with E-state index in [1.165, 1.54) is 0 Å². The van der Waals surface area contributed by atoms with Crippen molar-refractivity contribution in [3.05, 3.63) is 11.6 Å². The van der Waals surface area contributed by atoms with Gasteiger partial charge in [-0.1, -0.05) is 48.0 Å². The average molecular weight is 323 g/mol. The standard InChI is InChI=1S/C10H16BrCl3/c1-7(2)9(14)4-5-10(11,6-12)8(3)13/h7,9H,3-6H2,1-2H3. The number of hydrogen-bond donors (Lipinski definition) is 0. The Bertz CT molecular complexity index is 194. The summed E-state index contributed by atoms with van der Waals surface area (Å²) in [7, 11) is 0. The fourth-order valence-corrected chi connectivity index (χ4v) is 1.84. The lowest BCUT2D eigenvalue weighted by Crippen LogP contribution is -2.25. The van der Waals surface area contributed by atoms with Crippen LogP contribution in [0.4, 0.5) is 0 Å². The summed E-state index contributed by atoms with van der Waals surface area (Å²) in [5.41, 5.74) is 0. The van der Waals surface area contributed by atoms with E-state index < -0.39 is 0 Å². The second-order valence-corrected chi connectivity index (χ2v) is 6.60. The van der Waals surface area contributed by atoms with Crippen molar-refractivity contribution in [3.63, 3.8) is 0 Å². The second-order valence-electron chi connectivity index (χ2n) is 3.80. The first kappa shape index (κ1) is 15.1. The van der Waals surface area contributed by atoms with Crippen LogP contribution in [0, 0.1) is 5.92 Å². The van der Waals surface area contributed by atoms with Gasteiger partial charge in [-0.3, -0.25) is 0 Å². The number of rotatable bonds is 6. The molecule has 0 rings (SSSR count). The fraction of sp³-hybridized carbons (Fsp3) is 0.800. The van der Waals surface area contributed by atoms with Gasteiger partial charge in [0.2, 0.25) is 0 Å². The maximum atomic E-state index is 6.15. The molecule has 0 aliphatic heterocycles. The molecule has 2 unspecified atom stereocenters. The molecule has 0 heterocycles. The molecular weight excluding hydrogens is 306 g/mol. The molecule has 0 aromatic heterocycles. The Balaban J connectivity index is 4.15. The lowest BCUT2D eigenvalue weighted by atomic mass is 9.99. The molecule has 0 nitrogen and oxygen atoms in total. The summed E-state index contributed by atoms with van der Waals surface area (Å²) >= 11 is 21.4. The lowest BCUT2D eigenvalue weighted by Gasteiger charge is -2.25. The minimum absolute atomic E-state index is 0.158. The third-order valence-corrected chi connectivity index (χ3v) is 5.48. The van der Waals surface area contributed by atoms with Gasteiger partial charge >= 0.3 is 0 Å². The molecular formula is C10H16BrCl3. The molecule has 0 fully saturated rings. The van der Waals surface area contributed by atoms with E-state index in [0.717, 1.165) is 12.8 Å². The fourth-order valence-electron chi connectivity index (χ4n) is 0.975. The minimum atomic E-state index is -0.377. The summed E-state index contributed by atoms with van der Waals surface area (Å²) < 4.78 is -0.377. The third kappa shape index (κ3) is 4.74. The Labute approximate surface area is 110 Å². The average Bonchev–Trinajstić information content (AvgIpc) is 2.12. The highest BCUT2D eigenvalue weighted by Gasteiger charge is 2.29. The largest absolute Gasteiger partial charge is 0.125 e. The smallest absolute Gasteiger partial charge is 0.0742 e. The number of alkyl halides is 3. The SMILES string of the molecule is C=C(Cl)C(Br)(CCl)CCC(Cl)C(C)C. The van der Waals surface area contributed by atoms with Gasteiger partial charge in [0.1, 0.15) is 0 Å². The van der Waals surface area contributed by atoms with Gasteiger partial charge in [0.05, 0.1) is 4.32 Å². The van der Waals surface area contributed by atoms with Crippen LogP contribution in [-0.2, 0) is 0 Å². The molecule has 0 saturated heterocycles. The van der Waals surface area contributed by atoms with Gasteiger partial charge in [0.25, 0.3) is 0 Å². The number of allylic oxidation sites excluding steroid dienone is 1. The maximum absolute atomic E-state index is 6.15. The zero-order valence-corrected chi connectivity index (χ0v) is 12.3. The highest BCUT2D eigenvalue weighted by Crippen LogP contribution is 2.36. The molecule has 0 aromatic rings. The van der Waals surface area contributed by atoms with Crippen LogP contribution in [0.5, 0.6) is 0 Å². The van der Waals surface area contributed by atoms with Crippen molar-refractivity contribution >= 4 is 50.7 Å². The molecule has 4 heteroatoms. The topological polar surface area (TPSA) is 0 Å². The summed E-state index contributed by atoms with van der Waals surface area (Å²) in [5, 5.41) is 0.700. The normalized spacial score (nSPS) is 17.9. The van der Waals surface area contributed by atoms with Gasteiger partial charge in [0, 0.05) is 16.3 Å². The highest BCUT2D eigenvalue weighted by atomic mass is 79.9. The van der Waals surface area contributed by atoms with Gasteiger partial charge in [-0.2, -0.15) is 0 Å². The molecule has 0 aliphatic rings. The van der Waals surface area contributed by atoms with Crippen molar-refractivity contribution < 1.29 is 0 Å². The summed E-state index contributed by atoms with van der Waals surface area (Å²) in [6.07, 6.45) is 1.69. The van der Waals surface area contributed by atoms with Crippen LogP contribution in [0.2, 0.25) is 0 Å². The molecule has 0 amide bonds. The first-order valence-corrected chi connectivity index (χ1v) is 6.71. The quantitative estimate of drug-likeness (QED) is 0.593. The number of hydrogen-bond acceptors (Lipinski definition) is 0. The van der Waals surface area contributed by atoms with E-state index in [9.17, 15) is 0 Å². The molecule has 0 aliphatic carbocycles. The zero-order valence-electron chi connectivity index (χ0n) is 8.49. The van der Waals surface area contributed by atoms with E-state index >= 15 is 0 Å². The van der Waals surface area contributed by atoms with Gasteiger partial charge in [-0.05, 0) is 18.8 Å². The molecule has 2 atom stereocenters. The van der Waals surface area contributed by atoms with Crippen LogP contribution in [0.15, 0.2) is 11.6 Å². The zero-order chi connectivity index (χ0) is 11.4. The van der Waals surface area contributed by atoms with Crippen molar-refractivity contribution in [1.82, 2.24) is 0 Å². The highest BCUT2D eigenvalue weighted by molar-refractivity contribution is 9.10. The molecule has 84 valence electrons. The van der Waals surface area contributed by atoms with Crippen LogP contribution in [0.3, 0.4) is 0 Å². The molecule has 0 N–H and O–H groups in total. The Morgan fingerprint density at radius 3 is 2.29 bits per heavy atom. The van der Waals surface area contributed by atoms with Gasteiger partial charge in [0.15, 0.2) is 0 Å². The minimum Gasteiger partial charge on any atom is -0.125 e.